The summed E-state index contributed by atoms with van der Waals surface area (Å²) >= 11 is 0. The first-order valence-corrected chi connectivity index (χ1v) is 14.1. The molecule has 0 aliphatic heterocycles. The maximum absolute atomic E-state index is 11.6. The van der Waals surface area contributed by atoms with Gasteiger partial charge in [0.1, 0.15) is 0 Å². The average Bonchev–Trinajstić information content (AvgIpc) is 2.67. The third-order valence-electron chi connectivity index (χ3n) is 6.01. The molecule has 2 N–H and O–H groups in total. The lowest BCUT2D eigenvalue weighted by Gasteiger charge is -2.13. The Morgan fingerprint density at radius 1 is 0.552 bits per heavy atom. The van der Waals surface area contributed by atoms with Gasteiger partial charge in [-0.05, 0) is 25.7 Å². The van der Waals surface area contributed by atoms with Gasteiger partial charge in [-0.3, -0.25) is 4.55 Å². The zero-order valence-electron chi connectivity index (χ0n) is 19.4. The van der Waals surface area contributed by atoms with Crippen molar-refractivity contribution >= 4 is 10.1 Å². The molecule has 0 amide bonds. The highest BCUT2D eigenvalue weighted by Crippen LogP contribution is 2.19. The highest BCUT2D eigenvalue weighted by molar-refractivity contribution is 7.86. The molecule has 5 heteroatoms. The van der Waals surface area contributed by atoms with Crippen LogP contribution in [-0.2, 0) is 10.1 Å². The van der Waals surface area contributed by atoms with E-state index in [9.17, 15) is 18.1 Å². The molecular formula is C24H50O4S. The van der Waals surface area contributed by atoms with E-state index in [2.05, 4.69) is 13.8 Å². The molecule has 0 aromatic rings. The first-order valence-electron chi connectivity index (χ1n) is 12.6. The quantitative estimate of drug-likeness (QED) is 0.137. The molecule has 0 spiro atoms. The molecular weight excluding hydrogens is 384 g/mol. The van der Waals surface area contributed by atoms with Crippen molar-refractivity contribution in [3.8, 4) is 0 Å². The summed E-state index contributed by atoms with van der Waals surface area (Å²) < 4.78 is 32.6. The minimum Gasteiger partial charge on any atom is -0.393 e. The van der Waals surface area contributed by atoms with E-state index in [4.69, 9.17) is 0 Å². The lowest BCUT2D eigenvalue weighted by Crippen LogP contribution is -2.20. The van der Waals surface area contributed by atoms with Gasteiger partial charge in [-0.1, -0.05) is 117 Å². The van der Waals surface area contributed by atoms with Gasteiger partial charge < -0.3 is 5.11 Å². The van der Waals surface area contributed by atoms with Crippen LogP contribution in [0.1, 0.15) is 142 Å². The highest BCUT2D eigenvalue weighted by Gasteiger charge is 2.21. The van der Waals surface area contributed by atoms with E-state index in [1.807, 2.05) is 0 Å². The van der Waals surface area contributed by atoms with Gasteiger partial charge in [0, 0.05) is 0 Å². The SMILES string of the molecule is CCCCCCCC(CCCCCCCCCCCC(O)CCCC)S(=O)(=O)O. The first-order chi connectivity index (χ1) is 13.9. The Hall–Kier alpha value is -0.130. The standard InChI is InChI=1S/C24H50O4S/c1-3-5-7-13-17-21-24(29(26,27)28)22-18-15-12-10-8-9-11-14-16-20-23(25)19-6-4-2/h23-25H,3-22H2,1-2H3,(H,26,27,28). The van der Waals surface area contributed by atoms with E-state index in [0.717, 1.165) is 70.6 Å². The summed E-state index contributed by atoms with van der Waals surface area (Å²) in [6.07, 6.45) is 21.3. The van der Waals surface area contributed by atoms with Crippen LogP contribution in [0.3, 0.4) is 0 Å². The predicted molar refractivity (Wildman–Crippen MR) is 125 cm³/mol. The number of aliphatic hydroxyl groups excluding tert-OH is 1. The van der Waals surface area contributed by atoms with Crippen LogP contribution in [0.2, 0.25) is 0 Å². The van der Waals surface area contributed by atoms with Crippen LogP contribution in [0.25, 0.3) is 0 Å². The van der Waals surface area contributed by atoms with Gasteiger partial charge in [-0.15, -0.1) is 0 Å². The molecule has 0 aromatic heterocycles. The number of rotatable bonds is 22. The van der Waals surface area contributed by atoms with Gasteiger partial charge >= 0.3 is 0 Å². The van der Waals surface area contributed by atoms with E-state index in [-0.39, 0.29) is 6.10 Å². The normalized spacial score (nSPS) is 14.2. The van der Waals surface area contributed by atoms with Crippen molar-refractivity contribution in [1.82, 2.24) is 0 Å². The Kier molecular flexibility index (Phi) is 19.7. The lowest BCUT2D eigenvalue weighted by atomic mass is 10.0. The smallest absolute Gasteiger partial charge is 0.267 e. The molecule has 0 bridgehead atoms. The summed E-state index contributed by atoms with van der Waals surface area (Å²) in [6.45, 7) is 4.33. The topological polar surface area (TPSA) is 74.6 Å². The Labute approximate surface area is 182 Å². The molecule has 0 saturated heterocycles. The zero-order chi connectivity index (χ0) is 21.8. The van der Waals surface area contributed by atoms with Gasteiger partial charge in [-0.2, -0.15) is 8.42 Å². The number of unbranched alkanes of at least 4 members (excludes halogenated alkanes) is 13. The number of hydrogen-bond acceptors (Lipinski definition) is 3. The molecule has 2 unspecified atom stereocenters. The first kappa shape index (κ1) is 28.9. The molecule has 0 saturated carbocycles. The van der Waals surface area contributed by atoms with Crippen LogP contribution in [0.15, 0.2) is 0 Å². The van der Waals surface area contributed by atoms with Crippen molar-refractivity contribution in [3.63, 3.8) is 0 Å². The molecule has 4 nitrogen and oxygen atoms in total. The predicted octanol–water partition coefficient (Wildman–Crippen LogP) is 7.45. The molecule has 0 aliphatic rings. The summed E-state index contributed by atoms with van der Waals surface area (Å²) in [5.41, 5.74) is 0. The van der Waals surface area contributed by atoms with Crippen molar-refractivity contribution < 1.29 is 18.1 Å². The van der Waals surface area contributed by atoms with Crippen LogP contribution in [-0.4, -0.2) is 29.4 Å². The van der Waals surface area contributed by atoms with Gasteiger partial charge in [0.05, 0.1) is 11.4 Å². The molecule has 29 heavy (non-hydrogen) atoms. The number of aliphatic hydroxyl groups is 1. The molecule has 0 rings (SSSR count). The molecule has 0 heterocycles. The Morgan fingerprint density at radius 2 is 0.897 bits per heavy atom. The van der Waals surface area contributed by atoms with Crippen LogP contribution < -0.4 is 0 Å². The summed E-state index contributed by atoms with van der Waals surface area (Å²) in [5.74, 6) is 0. The van der Waals surface area contributed by atoms with E-state index in [1.54, 1.807) is 0 Å². The molecule has 0 fully saturated rings. The maximum atomic E-state index is 11.6. The van der Waals surface area contributed by atoms with E-state index < -0.39 is 15.4 Å². The van der Waals surface area contributed by atoms with Gasteiger partial charge in [-0.25, -0.2) is 0 Å². The van der Waals surface area contributed by atoms with Gasteiger partial charge in [0.15, 0.2) is 0 Å². The molecule has 0 aliphatic carbocycles. The second-order valence-corrected chi connectivity index (χ2v) is 10.6. The minimum atomic E-state index is -3.90. The van der Waals surface area contributed by atoms with E-state index >= 15 is 0 Å². The van der Waals surface area contributed by atoms with Crippen molar-refractivity contribution in [3.05, 3.63) is 0 Å². The second-order valence-electron chi connectivity index (χ2n) is 8.90. The molecule has 2 atom stereocenters. The van der Waals surface area contributed by atoms with E-state index in [0.29, 0.717) is 12.8 Å². The average molecular weight is 435 g/mol. The lowest BCUT2D eigenvalue weighted by molar-refractivity contribution is 0.148. The van der Waals surface area contributed by atoms with Crippen molar-refractivity contribution in [2.45, 2.75) is 154 Å². The van der Waals surface area contributed by atoms with Crippen molar-refractivity contribution in [2.24, 2.45) is 0 Å². The third kappa shape index (κ3) is 19.6. The van der Waals surface area contributed by atoms with Crippen LogP contribution >= 0.6 is 0 Å². The van der Waals surface area contributed by atoms with Crippen LogP contribution in [0.5, 0.6) is 0 Å². The highest BCUT2D eigenvalue weighted by atomic mass is 32.2. The van der Waals surface area contributed by atoms with Crippen LogP contribution in [0.4, 0.5) is 0 Å². The summed E-state index contributed by atoms with van der Waals surface area (Å²) in [5, 5.41) is 9.26. The largest absolute Gasteiger partial charge is 0.393 e. The fourth-order valence-corrected chi connectivity index (χ4v) is 4.92. The Morgan fingerprint density at radius 3 is 1.31 bits per heavy atom. The summed E-state index contributed by atoms with van der Waals surface area (Å²) in [6, 6.07) is 0. The van der Waals surface area contributed by atoms with Crippen LogP contribution in [0, 0.1) is 0 Å². The fraction of sp³-hybridized carbons (Fsp3) is 1.00. The Bertz CT molecular complexity index is 436. The van der Waals surface area contributed by atoms with Crippen molar-refractivity contribution in [2.75, 3.05) is 0 Å². The summed E-state index contributed by atoms with van der Waals surface area (Å²) in [7, 11) is -3.90. The van der Waals surface area contributed by atoms with Crippen molar-refractivity contribution in [1.29, 1.82) is 0 Å². The zero-order valence-corrected chi connectivity index (χ0v) is 20.2. The van der Waals surface area contributed by atoms with Gasteiger partial charge in [0.2, 0.25) is 0 Å². The minimum absolute atomic E-state index is 0.0992. The fourth-order valence-electron chi connectivity index (χ4n) is 3.99. The monoisotopic (exact) mass is 434 g/mol. The van der Waals surface area contributed by atoms with E-state index in [1.165, 1.54) is 44.9 Å². The molecule has 0 radical (unpaired) electrons. The second kappa shape index (κ2) is 19.8. The van der Waals surface area contributed by atoms with Gasteiger partial charge in [0.25, 0.3) is 10.1 Å². The summed E-state index contributed by atoms with van der Waals surface area (Å²) in [4.78, 5) is 0. The molecule has 0 aromatic carbocycles. The maximum Gasteiger partial charge on any atom is 0.267 e. The Balaban J connectivity index is 3.58. The molecule has 176 valence electrons. The number of hydrogen-bond donors (Lipinski definition) is 2. The third-order valence-corrected chi connectivity index (χ3v) is 7.32.